The molecule has 1 atom stereocenters. The highest BCUT2D eigenvalue weighted by molar-refractivity contribution is 5.75. The van der Waals surface area contributed by atoms with Crippen molar-refractivity contribution >= 4 is 5.91 Å². The van der Waals surface area contributed by atoms with Gasteiger partial charge in [-0.1, -0.05) is 0 Å². The summed E-state index contributed by atoms with van der Waals surface area (Å²) >= 11 is 0. The van der Waals surface area contributed by atoms with Crippen molar-refractivity contribution in [1.29, 1.82) is 0 Å². The fourth-order valence-electron chi connectivity index (χ4n) is 2.83. The Morgan fingerprint density at radius 2 is 2.40 bits per heavy atom. The minimum atomic E-state index is 0.169. The first-order valence-corrected chi connectivity index (χ1v) is 7.58. The van der Waals surface area contributed by atoms with Crippen LogP contribution < -0.4 is 5.32 Å². The third-order valence-electron chi connectivity index (χ3n) is 3.93. The van der Waals surface area contributed by atoms with Crippen LogP contribution in [0.3, 0.4) is 0 Å². The number of nitrogens with one attached hydrogen (secondary N) is 1. The molecule has 0 aliphatic carbocycles. The average Bonchev–Trinajstić information content (AvgIpc) is 2.82. The summed E-state index contributed by atoms with van der Waals surface area (Å²) in [5, 5.41) is 7.18. The lowest BCUT2D eigenvalue weighted by Gasteiger charge is -2.29. The van der Waals surface area contributed by atoms with E-state index in [1.165, 1.54) is 19.4 Å². The van der Waals surface area contributed by atoms with Gasteiger partial charge in [0, 0.05) is 25.7 Å². The van der Waals surface area contributed by atoms with E-state index in [9.17, 15) is 4.79 Å². The molecule has 1 saturated heterocycles. The Morgan fingerprint density at radius 1 is 1.55 bits per heavy atom. The highest BCUT2D eigenvalue weighted by Gasteiger charge is 2.17. The molecule has 2 rings (SSSR count). The zero-order valence-electron chi connectivity index (χ0n) is 12.6. The molecule has 1 amide bonds. The molecule has 5 nitrogen and oxygen atoms in total. The fourth-order valence-corrected chi connectivity index (χ4v) is 2.83. The molecule has 1 N–H and O–H groups in total. The van der Waals surface area contributed by atoms with Crippen molar-refractivity contribution in [2.75, 3.05) is 26.7 Å². The number of piperidine rings is 1. The topological polar surface area (TPSA) is 50.2 Å². The van der Waals surface area contributed by atoms with Gasteiger partial charge in [0.1, 0.15) is 0 Å². The molecule has 2 heterocycles. The number of hydrogen-bond donors (Lipinski definition) is 1. The predicted molar refractivity (Wildman–Crippen MR) is 79.4 cm³/mol. The van der Waals surface area contributed by atoms with Gasteiger partial charge in [-0.15, -0.1) is 0 Å². The lowest BCUT2D eigenvalue weighted by atomic mass is 9.93. The maximum Gasteiger partial charge on any atom is 0.220 e. The van der Waals surface area contributed by atoms with Crippen LogP contribution in [0.1, 0.15) is 31.2 Å². The first kappa shape index (κ1) is 15.0. The van der Waals surface area contributed by atoms with E-state index in [0.717, 1.165) is 25.1 Å². The minimum Gasteiger partial charge on any atom is -0.354 e. The number of carbonyl (C=O) groups excluding carboxylic acids is 1. The minimum absolute atomic E-state index is 0.169. The smallest absolute Gasteiger partial charge is 0.220 e. The van der Waals surface area contributed by atoms with Crippen molar-refractivity contribution in [3.63, 3.8) is 0 Å². The molecule has 0 spiro atoms. The highest BCUT2D eigenvalue weighted by Crippen LogP contribution is 2.19. The maximum atomic E-state index is 11.8. The third-order valence-corrected chi connectivity index (χ3v) is 3.93. The van der Waals surface area contributed by atoms with E-state index < -0.39 is 0 Å². The number of carbonyl (C=O) groups is 1. The Labute approximate surface area is 121 Å². The van der Waals surface area contributed by atoms with Crippen molar-refractivity contribution in [2.24, 2.45) is 5.92 Å². The van der Waals surface area contributed by atoms with E-state index in [4.69, 9.17) is 0 Å². The van der Waals surface area contributed by atoms with Crippen molar-refractivity contribution in [3.05, 3.63) is 18.0 Å². The van der Waals surface area contributed by atoms with Gasteiger partial charge in [0.25, 0.3) is 0 Å². The van der Waals surface area contributed by atoms with E-state index in [1.807, 2.05) is 24.0 Å². The van der Waals surface area contributed by atoms with Gasteiger partial charge in [0.2, 0.25) is 5.91 Å². The molecule has 112 valence electrons. The number of aromatic nitrogens is 2. The highest BCUT2D eigenvalue weighted by atomic mass is 16.1. The van der Waals surface area contributed by atoms with E-state index in [-0.39, 0.29) is 5.91 Å². The van der Waals surface area contributed by atoms with Crippen LogP contribution in [0.2, 0.25) is 0 Å². The number of amides is 1. The summed E-state index contributed by atoms with van der Waals surface area (Å²) in [5.74, 6) is 0.857. The summed E-state index contributed by atoms with van der Waals surface area (Å²) in [7, 11) is 2.16. The Balaban J connectivity index is 1.58. The van der Waals surface area contributed by atoms with Crippen LogP contribution in [0.15, 0.2) is 12.4 Å². The molecule has 1 aliphatic heterocycles. The quantitative estimate of drug-likeness (QED) is 0.856. The van der Waals surface area contributed by atoms with Crippen LogP contribution in [0.5, 0.6) is 0 Å². The van der Waals surface area contributed by atoms with Crippen molar-refractivity contribution in [3.8, 4) is 0 Å². The summed E-state index contributed by atoms with van der Waals surface area (Å²) in [6.45, 7) is 5.76. The lowest BCUT2D eigenvalue weighted by Crippen LogP contribution is -2.33. The SMILES string of the molecule is Cc1cnn(CCNC(=O)CC[C@@H]2CCCN(C)C2)c1. The molecule has 1 fully saturated rings. The molecule has 0 aromatic carbocycles. The van der Waals surface area contributed by atoms with E-state index in [2.05, 4.69) is 22.4 Å². The summed E-state index contributed by atoms with van der Waals surface area (Å²) in [5.41, 5.74) is 1.15. The third kappa shape index (κ3) is 4.96. The molecular formula is C15H26N4O. The Bertz CT molecular complexity index is 429. The predicted octanol–water partition coefficient (Wildman–Crippen LogP) is 1.43. The van der Waals surface area contributed by atoms with Crippen molar-refractivity contribution in [2.45, 2.75) is 39.2 Å². The zero-order valence-corrected chi connectivity index (χ0v) is 12.6. The Kier molecular flexibility index (Phi) is 5.59. The molecule has 1 aliphatic rings. The number of hydrogen-bond acceptors (Lipinski definition) is 3. The summed E-state index contributed by atoms with van der Waals surface area (Å²) in [6.07, 6.45) is 8.02. The van der Waals surface area contributed by atoms with Crippen LogP contribution in [-0.4, -0.2) is 47.3 Å². The van der Waals surface area contributed by atoms with Gasteiger partial charge >= 0.3 is 0 Å². The molecule has 0 radical (unpaired) electrons. The van der Waals surface area contributed by atoms with Crippen molar-refractivity contribution < 1.29 is 4.79 Å². The average molecular weight is 278 g/mol. The lowest BCUT2D eigenvalue weighted by molar-refractivity contribution is -0.121. The van der Waals surface area contributed by atoms with Gasteiger partial charge in [-0.25, -0.2) is 0 Å². The first-order chi connectivity index (χ1) is 9.63. The van der Waals surface area contributed by atoms with Crippen LogP contribution in [0.4, 0.5) is 0 Å². The number of nitrogens with zero attached hydrogens (tertiary/aromatic N) is 3. The fraction of sp³-hybridized carbons (Fsp3) is 0.733. The molecule has 0 bridgehead atoms. The van der Waals surface area contributed by atoms with Gasteiger partial charge in [-0.05, 0) is 51.3 Å². The molecule has 1 aromatic heterocycles. The first-order valence-electron chi connectivity index (χ1n) is 7.58. The van der Waals surface area contributed by atoms with E-state index in [0.29, 0.717) is 18.9 Å². The molecule has 0 unspecified atom stereocenters. The van der Waals surface area contributed by atoms with Crippen LogP contribution in [-0.2, 0) is 11.3 Å². The second-order valence-electron chi connectivity index (χ2n) is 5.94. The van der Waals surface area contributed by atoms with Gasteiger partial charge in [0.15, 0.2) is 0 Å². The van der Waals surface area contributed by atoms with Crippen LogP contribution in [0.25, 0.3) is 0 Å². The normalized spacial score (nSPS) is 20.0. The van der Waals surface area contributed by atoms with E-state index >= 15 is 0 Å². The molecule has 20 heavy (non-hydrogen) atoms. The summed E-state index contributed by atoms with van der Waals surface area (Å²) in [6, 6.07) is 0. The summed E-state index contributed by atoms with van der Waals surface area (Å²) < 4.78 is 1.87. The second-order valence-corrected chi connectivity index (χ2v) is 5.94. The number of likely N-dealkylation sites (tertiary alicyclic amines) is 1. The standard InChI is InChI=1S/C15H26N4O/c1-13-10-17-19(11-13)9-7-16-15(20)6-5-14-4-3-8-18(2)12-14/h10-11,14H,3-9,12H2,1-2H3,(H,16,20)/t14-/m0/s1. The van der Waals surface area contributed by atoms with Gasteiger partial charge in [0.05, 0.1) is 12.7 Å². The molecule has 0 saturated carbocycles. The van der Waals surface area contributed by atoms with Crippen LogP contribution >= 0.6 is 0 Å². The van der Waals surface area contributed by atoms with Crippen LogP contribution in [0, 0.1) is 12.8 Å². The maximum absolute atomic E-state index is 11.8. The zero-order chi connectivity index (χ0) is 14.4. The Morgan fingerprint density at radius 3 is 3.10 bits per heavy atom. The summed E-state index contributed by atoms with van der Waals surface area (Å²) in [4.78, 5) is 14.2. The van der Waals surface area contributed by atoms with E-state index in [1.54, 1.807) is 0 Å². The van der Waals surface area contributed by atoms with Gasteiger partial charge in [-0.2, -0.15) is 5.10 Å². The number of rotatable bonds is 6. The number of aryl methyl sites for hydroxylation is 1. The van der Waals surface area contributed by atoms with Gasteiger partial charge in [-0.3, -0.25) is 9.48 Å². The van der Waals surface area contributed by atoms with Gasteiger partial charge < -0.3 is 10.2 Å². The van der Waals surface area contributed by atoms with Crippen molar-refractivity contribution in [1.82, 2.24) is 20.0 Å². The molecule has 5 heteroatoms. The Hall–Kier alpha value is -1.36. The second kappa shape index (κ2) is 7.43. The molecular weight excluding hydrogens is 252 g/mol. The molecule has 1 aromatic rings. The largest absolute Gasteiger partial charge is 0.354 e. The monoisotopic (exact) mass is 278 g/mol.